The van der Waals surface area contributed by atoms with Crippen molar-refractivity contribution in [2.24, 2.45) is 10.3 Å². The monoisotopic (exact) mass is 1530 g/mol. The van der Waals surface area contributed by atoms with Crippen LogP contribution in [0.4, 0.5) is 0 Å². The number of pyridine rings is 2. The summed E-state index contributed by atoms with van der Waals surface area (Å²) in [5, 5.41) is 21.1. The number of ether oxygens (including phenoxy) is 3. The van der Waals surface area contributed by atoms with Gasteiger partial charge < -0.3 is 41.9 Å². The van der Waals surface area contributed by atoms with Crippen molar-refractivity contribution >= 4 is 154 Å². The van der Waals surface area contributed by atoms with Gasteiger partial charge in [-0.25, -0.2) is 37.1 Å². The molecule has 0 aliphatic carbocycles. The summed E-state index contributed by atoms with van der Waals surface area (Å²) in [6, 6.07) is 31.9. The third-order valence-corrected chi connectivity index (χ3v) is 10.0. The molecule has 0 atom stereocenters. The molecule has 2 heterocycles. The number of nitrogens with zero attached hydrogens (tertiary/aromatic N) is 2. The summed E-state index contributed by atoms with van der Waals surface area (Å²) < 4.78 is 62.9. The molecular weight excluding hydrogens is 1490 g/mol. The maximum atomic E-state index is 11.8. The Morgan fingerprint density at radius 3 is 1.47 bits per heavy atom. The van der Waals surface area contributed by atoms with E-state index in [2.05, 4.69) is 115 Å². The number of rotatable bonds is 8. The molecule has 2 aromatic heterocycles. The molecule has 6 rings (SSSR count). The van der Waals surface area contributed by atoms with Crippen LogP contribution in [0.25, 0.3) is 22.3 Å². The van der Waals surface area contributed by atoms with Gasteiger partial charge in [-0.2, -0.15) is 0 Å². The molecule has 0 saturated carbocycles. The number of hydrogen-bond donors (Lipinski definition) is 2. The Labute approximate surface area is 474 Å². The summed E-state index contributed by atoms with van der Waals surface area (Å²) in [6.07, 6.45) is 2.83. The van der Waals surface area contributed by atoms with Gasteiger partial charge >= 0.3 is 29.6 Å². The average molecular weight is 1530 g/mol. The number of nitrogens with two attached hydrogens (primary N) is 2. The second-order valence-corrected chi connectivity index (χ2v) is 27.0. The smallest absolute Gasteiger partial charge is 0.872 e. The third-order valence-electron chi connectivity index (χ3n) is 6.90. The van der Waals surface area contributed by atoms with Gasteiger partial charge in [-0.3, -0.25) is 4.93 Å². The minimum absolute atomic E-state index is 0. The fraction of sp³-hybridized carbons (Fsp3) is 0.103. The maximum Gasteiger partial charge on any atom is 1.00 e. The van der Waals surface area contributed by atoms with Crippen LogP contribution in [0.3, 0.4) is 0 Å². The number of alkyl halides is 3. The van der Waals surface area contributed by atoms with Gasteiger partial charge in [0.15, 0.2) is 0 Å². The van der Waals surface area contributed by atoms with E-state index in [4.69, 9.17) is 36.1 Å². The number of halogens is 7. The van der Waals surface area contributed by atoms with Gasteiger partial charge in [-0.15, -0.1) is 5.75 Å². The van der Waals surface area contributed by atoms with Crippen LogP contribution in [0, 0.1) is 4.93 Å². The van der Waals surface area contributed by atoms with Gasteiger partial charge in [0.05, 0.1) is 14.2 Å². The molecule has 0 aliphatic heterocycles. The zero-order valence-electron chi connectivity index (χ0n) is 32.1. The van der Waals surface area contributed by atoms with Crippen LogP contribution >= 0.6 is 134 Å². The molecule has 0 amide bonds. The van der Waals surface area contributed by atoms with Gasteiger partial charge in [0.25, 0.3) is 0 Å². The van der Waals surface area contributed by atoms with E-state index >= 15 is 0 Å². The standard InChI is InChI=1S/C18H15BrN2O4S.C13H12O2.C5H4BrClN2O2S.CHI3.CH2I.CH4.Na.V/c1-24-15-7-5-12(6-8-15)13-3-2-4-16(9-13)25-18-17(26(20,22)23)10-14(19)11-21-18;1-15-13-7-5-10(6-8-13)11-3-2-4-12(14)9-11;6-3-1-4(12(8,10)11)5(7)9-2-3;2-1(3)4;1-2;;;/h2-11H,1H3,(H2,20,22,23);2-9,14H,1H3;1-2H,(H2,8,10,11);1H;1H2;1H4;;/q;;;;-1;;+1;/p-1. The Morgan fingerprint density at radius 2 is 1.06 bits per heavy atom. The van der Waals surface area contributed by atoms with E-state index in [1.807, 2.05) is 89.3 Å². The summed E-state index contributed by atoms with van der Waals surface area (Å²) in [5.74, 6) is 1.97. The summed E-state index contributed by atoms with van der Waals surface area (Å²) in [4.78, 5) is 10.5. The maximum absolute atomic E-state index is 11.8. The SMILES string of the molecule is C.COc1ccc(-c2cccc(Oc3ncc(Br)cc3S(N)(=O)=O)c2)cc1.COc1ccc(-c2cccc([O-])c2)cc1.IC(I)I.NS(=O)(=O)c1cc(Br)cnc1Cl.[CH2-]I.[Na+].[V]. The topological polar surface area (TPSA) is 197 Å². The van der Waals surface area contributed by atoms with E-state index in [1.165, 1.54) is 24.5 Å². The van der Waals surface area contributed by atoms with Gasteiger partial charge in [-0.1, -0.05) is 147 Å². The molecule has 4 aromatic carbocycles. The number of benzene rings is 4. The second-order valence-electron chi connectivity index (χ2n) is 10.9. The van der Waals surface area contributed by atoms with Crippen LogP contribution in [0.2, 0.25) is 5.15 Å². The van der Waals surface area contributed by atoms with E-state index in [1.54, 1.807) is 44.6 Å². The molecule has 12 nitrogen and oxygen atoms in total. The Balaban J connectivity index is 0. The summed E-state index contributed by atoms with van der Waals surface area (Å²) in [6.45, 7) is 0. The van der Waals surface area contributed by atoms with Crippen molar-refractivity contribution in [1.29, 1.82) is 0 Å². The summed E-state index contributed by atoms with van der Waals surface area (Å²) >= 11 is 20.6. The van der Waals surface area contributed by atoms with Crippen LogP contribution in [-0.2, 0) is 38.6 Å². The number of aromatic nitrogens is 2. The van der Waals surface area contributed by atoms with Crippen molar-refractivity contribution in [2.45, 2.75) is 17.2 Å². The molecule has 0 bridgehead atoms. The number of methoxy groups -OCH3 is 2. The van der Waals surface area contributed by atoms with Gasteiger partial charge in [-0.05, 0) is 103 Å². The largest absolute Gasteiger partial charge is 1.00 e. The van der Waals surface area contributed by atoms with E-state index in [0.29, 0.717) is 14.7 Å². The van der Waals surface area contributed by atoms with Gasteiger partial charge in [0.2, 0.25) is 25.9 Å². The Bertz CT molecular complexity index is 2490. The first kappa shape index (κ1) is 64.0. The molecule has 0 spiro atoms. The molecule has 1 radical (unpaired) electrons. The molecule has 0 unspecified atom stereocenters. The summed E-state index contributed by atoms with van der Waals surface area (Å²) in [5.41, 5.74) is 3.82. The van der Waals surface area contributed by atoms with E-state index in [-0.39, 0.29) is 82.1 Å². The van der Waals surface area contributed by atoms with Crippen molar-refractivity contribution in [3.63, 3.8) is 0 Å². The average Bonchev–Trinajstić information content (AvgIpc) is 3.20. The van der Waals surface area contributed by atoms with Crippen molar-refractivity contribution in [3.05, 3.63) is 141 Å². The molecule has 4 N–H and O–H groups in total. The molecule has 0 fully saturated rings. The quantitative estimate of drug-likeness (QED) is 0.0488. The van der Waals surface area contributed by atoms with Crippen LogP contribution in [0.1, 0.15) is 7.43 Å². The van der Waals surface area contributed by atoms with E-state index in [9.17, 15) is 21.9 Å². The zero-order valence-corrected chi connectivity index (χ0v) is 49.6. The molecule has 23 heteroatoms. The predicted molar refractivity (Wildman–Crippen MR) is 280 cm³/mol. The van der Waals surface area contributed by atoms with Crippen molar-refractivity contribution in [3.8, 4) is 51.1 Å². The minimum Gasteiger partial charge on any atom is -0.872 e. The number of primary sulfonamides is 2. The van der Waals surface area contributed by atoms with Crippen molar-refractivity contribution < 1.29 is 84.3 Å². The molecule has 62 heavy (non-hydrogen) atoms. The zero-order chi connectivity index (χ0) is 44.3. The number of hydrogen-bond acceptors (Lipinski definition) is 10. The number of sulfonamides is 2. The van der Waals surface area contributed by atoms with E-state index < -0.39 is 20.0 Å². The Morgan fingerprint density at radius 1 is 0.661 bits per heavy atom. The van der Waals surface area contributed by atoms with Crippen LogP contribution in [-0.4, -0.2) is 41.0 Å². The molecular formula is C39H37Br2ClI4N4NaO8S2V-. The predicted octanol–water partition coefficient (Wildman–Crippen LogP) is 8.97. The van der Waals surface area contributed by atoms with E-state index in [0.717, 1.165) is 33.7 Å². The third kappa shape index (κ3) is 23.6. The Hall–Kier alpha value is -0.0456. The fourth-order valence-corrected chi connectivity index (χ4v) is 6.98. The Kier molecular flexibility index (Phi) is 33.7. The fourth-order valence-electron chi connectivity index (χ4n) is 4.39. The molecule has 0 saturated heterocycles. The second kappa shape index (κ2) is 32.6. The normalized spacial score (nSPS) is 10.0. The first-order valence-electron chi connectivity index (χ1n) is 15.9. The van der Waals surface area contributed by atoms with Crippen LogP contribution in [0.5, 0.6) is 28.9 Å². The first-order valence-corrected chi connectivity index (χ1v) is 26.2. The van der Waals surface area contributed by atoms with Crippen molar-refractivity contribution in [1.82, 2.24) is 9.97 Å². The molecule has 0 aliphatic rings. The van der Waals surface area contributed by atoms with Gasteiger partial charge in [0.1, 0.15) is 32.1 Å². The van der Waals surface area contributed by atoms with Crippen LogP contribution in [0.15, 0.2) is 140 Å². The van der Waals surface area contributed by atoms with Crippen LogP contribution < -0.4 is 59.2 Å². The summed E-state index contributed by atoms with van der Waals surface area (Å²) in [7, 11) is -4.52. The van der Waals surface area contributed by atoms with Gasteiger partial charge in [0, 0.05) is 39.9 Å². The molecule has 329 valence electrons. The minimum atomic E-state index is -3.98. The molecule has 6 aromatic rings. The first-order chi connectivity index (χ1) is 27.8. The van der Waals surface area contributed by atoms with Crippen molar-refractivity contribution in [2.75, 3.05) is 14.2 Å².